The van der Waals surface area contributed by atoms with Crippen molar-refractivity contribution in [1.82, 2.24) is 25.4 Å². The van der Waals surface area contributed by atoms with Crippen LogP contribution in [0.15, 0.2) is 11.3 Å². The van der Waals surface area contributed by atoms with Gasteiger partial charge in [0.15, 0.2) is 5.96 Å². The van der Waals surface area contributed by atoms with Crippen LogP contribution >= 0.6 is 0 Å². The van der Waals surface area contributed by atoms with Crippen LogP contribution in [0.5, 0.6) is 0 Å². The number of aromatic nitrogens is 3. The van der Waals surface area contributed by atoms with E-state index in [9.17, 15) is 0 Å². The highest BCUT2D eigenvalue weighted by Crippen LogP contribution is 1.97. The van der Waals surface area contributed by atoms with Crippen LogP contribution in [0.2, 0.25) is 0 Å². The normalized spacial score (nSPS) is 12.0. The third kappa shape index (κ3) is 8.86. The largest absolute Gasteiger partial charge is 0.382 e. The number of nitrogens with zero attached hydrogens (tertiary/aromatic N) is 4. The summed E-state index contributed by atoms with van der Waals surface area (Å²) < 4.78 is 7.43. The second kappa shape index (κ2) is 12.8. The van der Waals surface area contributed by atoms with Crippen LogP contribution in [0.1, 0.15) is 46.4 Å². The highest BCUT2D eigenvalue weighted by atomic mass is 16.5. The van der Waals surface area contributed by atoms with Gasteiger partial charge in [-0.3, -0.25) is 4.99 Å². The predicted octanol–water partition coefficient (Wildman–Crippen LogP) is 1.85. The molecule has 0 amide bonds. The summed E-state index contributed by atoms with van der Waals surface area (Å²) in [5.41, 5.74) is 0. The van der Waals surface area contributed by atoms with E-state index in [4.69, 9.17) is 4.74 Å². The molecule has 0 saturated heterocycles. The molecule has 0 unspecified atom stereocenters. The average molecular weight is 339 g/mol. The maximum atomic E-state index is 5.36. The Morgan fingerprint density at radius 2 is 2.08 bits per heavy atom. The first kappa shape index (κ1) is 20.4. The first-order valence-corrected chi connectivity index (χ1v) is 9.13. The van der Waals surface area contributed by atoms with E-state index in [1.165, 1.54) is 0 Å². The fraction of sp³-hybridized carbons (Fsp3) is 0.824. The number of guanidine groups is 1. The summed E-state index contributed by atoms with van der Waals surface area (Å²) in [6.45, 7) is 13.4. The second-order valence-corrected chi connectivity index (χ2v) is 6.11. The number of hydrogen-bond donors (Lipinski definition) is 2. The molecule has 0 bridgehead atoms. The van der Waals surface area contributed by atoms with Crippen LogP contribution in [0.4, 0.5) is 0 Å². The number of aliphatic imine (C=N–C) groups is 1. The quantitative estimate of drug-likeness (QED) is 0.345. The molecule has 0 aliphatic heterocycles. The molecule has 0 aromatic carbocycles. The Morgan fingerprint density at radius 3 is 2.79 bits per heavy atom. The lowest BCUT2D eigenvalue weighted by molar-refractivity contribution is 0.146. The summed E-state index contributed by atoms with van der Waals surface area (Å²) >= 11 is 0. The van der Waals surface area contributed by atoms with Gasteiger partial charge < -0.3 is 19.9 Å². The van der Waals surface area contributed by atoms with Crippen molar-refractivity contribution in [3.63, 3.8) is 0 Å². The Hall–Kier alpha value is -1.63. The number of aryl methyl sites for hydroxylation is 1. The van der Waals surface area contributed by atoms with Gasteiger partial charge in [-0.1, -0.05) is 20.8 Å². The Balaban J connectivity index is 2.39. The van der Waals surface area contributed by atoms with Crippen molar-refractivity contribution in [1.29, 1.82) is 0 Å². The predicted molar refractivity (Wildman–Crippen MR) is 98.3 cm³/mol. The van der Waals surface area contributed by atoms with Crippen LogP contribution in [-0.4, -0.2) is 53.6 Å². The van der Waals surface area contributed by atoms with Crippen molar-refractivity contribution < 1.29 is 4.74 Å². The summed E-state index contributed by atoms with van der Waals surface area (Å²) in [5.74, 6) is 2.57. The van der Waals surface area contributed by atoms with Gasteiger partial charge in [-0.2, -0.15) is 0 Å². The zero-order valence-corrected chi connectivity index (χ0v) is 15.7. The van der Waals surface area contributed by atoms with E-state index in [1.807, 2.05) is 6.92 Å². The lowest BCUT2D eigenvalue weighted by Gasteiger charge is -2.14. The molecule has 1 aromatic rings. The molecule has 0 radical (unpaired) electrons. The molecule has 0 spiro atoms. The van der Waals surface area contributed by atoms with Crippen molar-refractivity contribution in [3.8, 4) is 0 Å². The first-order valence-electron chi connectivity index (χ1n) is 9.13. The van der Waals surface area contributed by atoms with Gasteiger partial charge in [-0.15, -0.1) is 10.2 Å². The molecule has 24 heavy (non-hydrogen) atoms. The third-order valence-electron chi connectivity index (χ3n) is 3.59. The van der Waals surface area contributed by atoms with Crippen molar-refractivity contribution >= 4 is 5.96 Å². The van der Waals surface area contributed by atoms with Crippen LogP contribution in [0.25, 0.3) is 0 Å². The molecule has 0 saturated carbocycles. The monoisotopic (exact) mass is 338 g/mol. The number of rotatable bonds is 12. The molecule has 138 valence electrons. The maximum Gasteiger partial charge on any atom is 0.191 e. The molecule has 7 heteroatoms. The Bertz CT molecular complexity index is 458. The van der Waals surface area contributed by atoms with Gasteiger partial charge in [0, 0.05) is 45.8 Å². The minimum absolute atomic E-state index is 0.681. The van der Waals surface area contributed by atoms with E-state index in [2.05, 4.69) is 51.2 Å². The SMILES string of the molecule is CCOCCCN=C(NCCC(C)C)NCCn1cnnc1CC. The van der Waals surface area contributed by atoms with Gasteiger partial charge in [0.1, 0.15) is 12.2 Å². The van der Waals surface area contributed by atoms with E-state index in [1.54, 1.807) is 6.33 Å². The van der Waals surface area contributed by atoms with E-state index in [0.717, 1.165) is 70.4 Å². The molecular formula is C17H34N6O. The minimum atomic E-state index is 0.681. The summed E-state index contributed by atoms with van der Waals surface area (Å²) in [6, 6.07) is 0. The Morgan fingerprint density at radius 1 is 1.29 bits per heavy atom. The van der Waals surface area contributed by atoms with Gasteiger partial charge in [-0.25, -0.2) is 0 Å². The van der Waals surface area contributed by atoms with E-state index < -0.39 is 0 Å². The summed E-state index contributed by atoms with van der Waals surface area (Å²) in [6.07, 6.45) is 4.75. The molecule has 0 aliphatic rings. The van der Waals surface area contributed by atoms with Crippen molar-refractivity contribution in [2.24, 2.45) is 10.9 Å². The van der Waals surface area contributed by atoms with Crippen LogP contribution < -0.4 is 10.6 Å². The molecule has 1 aromatic heterocycles. The van der Waals surface area contributed by atoms with Crippen LogP contribution in [0, 0.1) is 5.92 Å². The Kier molecular flexibility index (Phi) is 10.8. The lowest BCUT2D eigenvalue weighted by atomic mass is 10.1. The smallest absolute Gasteiger partial charge is 0.191 e. The number of nitrogens with one attached hydrogen (secondary N) is 2. The highest BCUT2D eigenvalue weighted by molar-refractivity contribution is 5.79. The molecule has 2 N–H and O–H groups in total. The number of ether oxygens (including phenoxy) is 1. The maximum absolute atomic E-state index is 5.36. The zero-order valence-electron chi connectivity index (χ0n) is 15.7. The van der Waals surface area contributed by atoms with Crippen molar-refractivity contribution in [3.05, 3.63) is 12.2 Å². The minimum Gasteiger partial charge on any atom is -0.382 e. The van der Waals surface area contributed by atoms with Gasteiger partial charge in [-0.05, 0) is 25.7 Å². The average Bonchev–Trinajstić information content (AvgIpc) is 3.01. The van der Waals surface area contributed by atoms with Crippen LogP contribution in [-0.2, 0) is 17.7 Å². The lowest BCUT2D eigenvalue weighted by Crippen LogP contribution is -2.40. The van der Waals surface area contributed by atoms with E-state index in [-0.39, 0.29) is 0 Å². The Labute approximate surface area is 146 Å². The third-order valence-corrected chi connectivity index (χ3v) is 3.59. The fourth-order valence-corrected chi connectivity index (χ4v) is 2.19. The molecule has 1 rings (SSSR count). The molecule has 1 heterocycles. The van der Waals surface area contributed by atoms with Gasteiger partial charge >= 0.3 is 0 Å². The first-order chi connectivity index (χ1) is 11.7. The van der Waals surface area contributed by atoms with E-state index >= 15 is 0 Å². The topological polar surface area (TPSA) is 76.4 Å². The number of hydrogen-bond acceptors (Lipinski definition) is 4. The van der Waals surface area contributed by atoms with Crippen LogP contribution in [0.3, 0.4) is 0 Å². The standard InChI is InChI=1S/C17H34N6O/c1-5-16-22-21-14-23(16)12-11-20-17(19-10-8-15(3)4)18-9-7-13-24-6-2/h14-15H,5-13H2,1-4H3,(H2,18,19,20). The van der Waals surface area contributed by atoms with Gasteiger partial charge in [0.2, 0.25) is 0 Å². The highest BCUT2D eigenvalue weighted by Gasteiger charge is 2.03. The van der Waals surface area contributed by atoms with Crippen molar-refractivity contribution in [2.75, 3.05) is 32.8 Å². The molecular weight excluding hydrogens is 304 g/mol. The molecule has 0 fully saturated rings. The fourth-order valence-electron chi connectivity index (χ4n) is 2.19. The van der Waals surface area contributed by atoms with E-state index in [0.29, 0.717) is 5.92 Å². The second-order valence-electron chi connectivity index (χ2n) is 6.11. The molecule has 7 nitrogen and oxygen atoms in total. The summed E-state index contributed by atoms with van der Waals surface area (Å²) in [4.78, 5) is 4.63. The zero-order chi connectivity index (χ0) is 17.6. The summed E-state index contributed by atoms with van der Waals surface area (Å²) in [7, 11) is 0. The van der Waals surface area contributed by atoms with Gasteiger partial charge in [0.25, 0.3) is 0 Å². The van der Waals surface area contributed by atoms with Crippen molar-refractivity contribution in [2.45, 2.75) is 53.5 Å². The molecule has 0 atom stereocenters. The van der Waals surface area contributed by atoms with Gasteiger partial charge in [0.05, 0.1) is 0 Å². The molecule has 0 aliphatic carbocycles. The summed E-state index contributed by atoms with van der Waals surface area (Å²) in [5, 5.41) is 14.9.